The van der Waals surface area contributed by atoms with Crippen molar-refractivity contribution in [1.29, 1.82) is 0 Å². The molecule has 0 bridgehead atoms. The summed E-state index contributed by atoms with van der Waals surface area (Å²) >= 11 is 0. The molecule has 1 heterocycles. The number of carboxylic acids is 1. The van der Waals surface area contributed by atoms with Crippen LogP contribution in [0.5, 0.6) is 0 Å². The highest BCUT2D eigenvalue weighted by Gasteiger charge is 2.11. The van der Waals surface area contributed by atoms with E-state index in [-0.39, 0.29) is 6.42 Å². The molecule has 2 aromatic rings. The topological polar surface area (TPSA) is 58.4 Å². The Morgan fingerprint density at radius 2 is 2.00 bits per heavy atom. The number of carboxylic acid groups (broad SMARTS) is 1. The van der Waals surface area contributed by atoms with Gasteiger partial charge in [-0.15, -0.1) is 0 Å². The molecule has 132 valence electrons. The Hall–Kier alpha value is -2.04. The minimum atomic E-state index is -0.748. The number of nitrogens with zero attached hydrogens (tertiary/aromatic N) is 3. The smallest absolute Gasteiger partial charge is 0.303 e. The molecule has 2 rings (SSSR count). The first-order valence-electron chi connectivity index (χ1n) is 8.98. The van der Waals surface area contributed by atoms with Gasteiger partial charge < -0.3 is 14.6 Å². The summed E-state index contributed by atoms with van der Waals surface area (Å²) < 4.78 is 2.08. The van der Waals surface area contributed by atoms with E-state index in [9.17, 15) is 4.79 Å². The summed E-state index contributed by atoms with van der Waals surface area (Å²) in [6.07, 6.45) is 5.03. The van der Waals surface area contributed by atoms with Crippen LogP contribution in [-0.2, 0) is 18.3 Å². The molecule has 1 N–H and O–H groups in total. The van der Waals surface area contributed by atoms with E-state index >= 15 is 0 Å². The molecule has 0 saturated carbocycles. The first-order chi connectivity index (χ1) is 11.6. The predicted octanol–water partition coefficient (Wildman–Crippen LogP) is 4.00. The van der Waals surface area contributed by atoms with Crippen LogP contribution >= 0.6 is 0 Å². The van der Waals surface area contributed by atoms with Crippen molar-refractivity contribution in [2.24, 2.45) is 7.05 Å². The number of hydrogen-bond acceptors (Lipinski definition) is 3. The summed E-state index contributed by atoms with van der Waals surface area (Å²) in [5.74, 6) is 0.209. The number of anilines is 1. The van der Waals surface area contributed by atoms with Gasteiger partial charge in [0.15, 0.2) is 0 Å². The summed E-state index contributed by atoms with van der Waals surface area (Å²) in [7, 11) is 2.01. The van der Waals surface area contributed by atoms with Gasteiger partial charge in [0.25, 0.3) is 0 Å². The SMILES string of the molecule is CCCCN(CCC)c1ccc2c(c1)nc(CCCC(=O)O)n2C. The average molecular weight is 331 g/mol. The van der Waals surface area contributed by atoms with Crippen LogP contribution in [0.15, 0.2) is 18.2 Å². The second-order valence-electron chi connectivity index (χ2n) is 6.35. The van der Waals surface area contributed by atoms with Gasteiger partial charge in [-0.25, -0.2) is 4.98 Å². The van der Waals surface area contributed by atoms with Gasteiger partial charge in [-0.3, -0.25) is 4.79 Å². The van der Waals surface area contributed by atoms with Crippen molar-refractivity contribution in [3.8, 4) is 0 Å². The minimum absolute atomic E-state index is 0.190. The lowest BCUT2D eigenvalue weighted by atomic mass is 10.2. The van der Waals surface area contributed by atoms with E-state index in [1.165, 1.54) is 18.5 Å². The van der Waals surface area contributed by atoms with E-state index in [0.29, 0.717) is 12.8 Å². The Kier molecular flexibility index (Phi) is 6.64. The molecule has 0 aliphatic rings. The standard InChI is InChI=1S/C19H29N3O2/c1-4-6-13-22(12-5-2)15-10-11-17-16(14-15)20-18(21(17)3)8-7-9-19(23)24/h10-11,14H,4-9,12-13H2,1-3H3,(H,23,24). The van der Waals surface area contributed by atoms with Gasteiger partial charge in [0, 0.05) is 38.7 Å². The number of benzene rings is 1. The van der Waals surface area contributed by atoms with E-state index in [2.05, 4.69) is 41.5 Å². The Bertz CT molecular complexity index is 679. The summed E-state index contributed by atoms with van der Waals surface area (Å²) in [5.41, 5.74) is 3.34. The van der Waals surface area contributed by atoms with Gasteiger partial charge >= 0.3 is 5.97 Å². The minimum Gasteiger partial charge on any atom is -0.481 e. The molecule has 1 aromatic heterocycles. The predicted molar refractivity (Wildman–Crippen MR) is 98.7 cm³/mol. The van der Waals surface area contributed by atoms with Crippen molar-refractivity contribution < 1.29 is 9.90 Å². The van der Waals surface area contributed by atoms with Crippen LogP contribution in [0.25, 0.3) is 11.0 Å². The van der Waals surface area contributed by atoms with Crippen molar-refractivity contribution in [1.82, 2.24) is 9.55 Å². The molecular weight excluding hydrogens is 302 g/mol. The van der Waals surface area contributed by atoms with E-state index in [1.807, 2.05) is 7.05 Å². The Balaban J connectivity index is 2.21. The van der Waals surface area contributed by atoms with Crippen LogP contribution in [-0.4, -0.2) is 33.7 Å². The lowest BCUT2D eigenvalue weighted by Crippen LogP contribution is -2.25. The second-order valence-corrected chi connectivity index (χ2v) is 6.35. The zero-order chi connectivity index (χ0) is 17.5. The van der Waals surface area contributed by atoms with Crippen LogP contribution in [0.3, 0.4) is 0 Å². The summed E-state index contributed by atoms with van der Waals surface area (Å²) in [4.78, 5) is 17.8. The molecule has 5 nitrogen and oxygen atoms in total. The Labute approximate surface area is 144 Å². The molecular formula is C19H29N3O2. The highest BCUT2D eigenvalue weighted by Crippen LogP contribution is 2.23. The van der Waals surface area contributed by atoms with Gasteiger partial charge in [0.05, 0.1) is 11.0 Å². The first-order valence-corrected chi connectivity index (χ1v) is 8.98. The fourth-order valence-electron chi connectivity index (χ4n) is 3.05. The largest absolute Gasteiger partial charge is 0.481 e. The van der Waals surface area contributed by atoms with E-state index < -0.39 is 5.97 Å². The third-order valence-electron chi connectivity index (χ3n) is 4.39. The highest BCUT2D eigenvalue weighted by molar-refractivity contribution is 5.80. The molecule has 5 heteroatoms. The van der Waals surface area contributed by atoms with Gasteiger partial charge in [-0.1, -0.05) is 20.3 Å². The first kappa shape index (κ1) is 18.3. The summed E-state index contributed by atoms with van der Waals surface area (Å²) in [5, 5.41) is 8.79. The number of fused-ring (bicyclic) bond motifs is 1. The van der Waals surface area contributed by atoms with Gasteiger partial charge in [0.2, 0.25) is 0 Å². The number of carbonyl (C=O) groups is 1. The molecule has 0 unspecified atom stereocenters. The monoisotopic (exact) mass is 331 g/mol. The zero-order valence-corrected chi connectivity index (χ0v) is 15.1. The van der Waals surface area contributed by atoms with Crippen LogP contribution in [0.2, 0.25) is 0 Å². The molecule has 0 radical (unpaired) electrons. The van der Waals surface area contributed by atoms with E-state index in [4.69, 9.17) is 10.1 Å². The molecule has 0 aliphatic heterocycles. The van der Waals surface area contributed by atoms with Crippen LogP contribution in [0.4, 0.5) is 5.69 Å². The quantitative estimate of drug-likeness (QED) is 0.715. The third-order valence-corrected chi connectivity index (χ3v) is 4.39. The fraction of sp³-hybridized carbons (Fsp3) is 0.579. The average Bonchev–Trinajstić information content (AvgIpc) is 2.87. The number of aliphatic carboxylic acids is 1. The van der Waals surface area contributed by atoms with Gasteiger partial charge in [-0.2, -0.15) is 0 Å². The van der Waals surface area contributed by atoms with Crippen molar-refractivity contribution in [3.63, 3.8) is 0 Å². The van der Waals surface area contributed by atoms with Gasteiger partial charge in [-0.05, 0) is 37.5 Å². The van der Waals surface area contributed by atoms with Crippen molar-refractivity contribution in [2.45, 2.75) is 52.4 Å². The fourth-order valence-corrected chi connectivity index (χ4v) is 3.05. The molecule has 24 heavy (non-hydrogen) atoms. The molecule has 0 atom stereocenters. The lowest BCUT2D eigenvalue weighted by molar-refractivity contribution is -0.137. The number of rotatable bonds is 10. The number of unbranched alkanes of at least 4 members (excludes halogenated alkanes) is 1. The second kappa shape index (κ2) is 8.71. The molecule has 0 amide bonds. The summed E-state index contributed by atoms with van der Waals surface area (Å²) in [6, 6.07) is 6.48. The van der Waals surface area contributed by atoms with Crippen LogP contribution < -0.4 is 4.90 Å². The van der Waals surface area contributed by atoms with Crippen molar-refractivity contribution in [2.75, 3.05) is 18.0 Å². The number of hydrogen-bond donors (Lipinski definition) is 1. The maximum absolute atomic E-state index is 10.7. The van der Waals surface area contributed by atoms with E-state index in [0.717, 1.165) is 36.4 Å². The molecule has 0 saturated heterocycles. The Morgan fingerprint density at radius 3 is 2.67 bits per heavy atom. The third kappa shape index (κ3) is 4.49. The number of aryl methyl sites for hydroxylation is 2. The van der Waals surface area contributed by atoms with E-state index in [1.54, 1.807) is 0 Å². The molecule has 0 fully saturated rings. The summed E-state index contributed by atoms with van der Waals surface area (Å²) in [6.45, 7) is 6.56. The molecule has 0 spiro atoms. The van der Waals surface area contributed by atoms with Crippen LogP contribution in [0.1, 0.15) is 51.8 Å². The lowest BCUT2D eigenvalue weighted by Gasteiger charge is -2.24. The van der Waals surface area contributed by atoms with Crippen molar-refractivity contribution in [3.05, 3.63) is 24.0 Å². The zero-order valence-electron chi connectivity index (χ0n) is 15.1. The van der Waals surface area contributed by atoms with Crippen LogP contribution in [0, 0.1) is 0 Å². The normalized spacial score (nSPS) is 11.1. The maximum Gasteiger partial charge on any atom is 0.303 e. The highest BCUT2D eigenvalue weighted by atomic mass is 16.4. The maximum atomic E-state index is 10.7. The number of imidazole rings is 1. The van der Waals surface area contributed by atoms with Crippen molar-refractivity contribution >= 4 is 22.7 Å². The molecule has 0 aliphatic carbocycles. The number of aromatic nitrogens is 2. The van der Waals surface area contributed by atoms with Gasteiger partial charge in [0.1, 0.15) is 5.82 Å². The molecule has 1 aromatic carbocycles. The Morgan fingerprint density at radius 1 is 1.21 bits per heavy atom.